The van der Waals surface area contributed by atoms with Crippen molar-refractivity contribution >= 4 is 0 Å². The van der Waals surface area contributed by atoms with Gasteiger partial charge in [0.1, 0.15) is 12.4 Å². The molecule has 0 aliphatic carbocycles. The van der Waals surface area contributed by atoms with Gasteiger partial charge in [0.05, 0.1) is 13.2 Å². The first-order valence-electron chi connectivity index (χ1n) is 8.15. The maximum Gasteiger partial charge on any atom is 0.231 e. The van der Waals surface area contributed by atoms with E-state index >= 15 is 0 Å². The number of benzene rings is 2. The van der Waals surface area contributed by atoms with Crippen LogP contribution in [0.15, 0.2) is 42.5 Å². The topological polar surface area (TPSA) is 62.9 Å². The third kappa shape index (κ3) is 4.40. The lowest BCUT2D eigenvalue weighted by atomic mass is 10.1. The van der Waals surface area contributed by atoms with Crippen molar-refractivity contribution in [3.63, 3.8) is 0 Å². The van der Waals surface area contributed by atoms with Crippen molar-refractivity contribution in [2.45, 2.75) is 26.0 Å². The van der Waals surface area contributed by atoms with E-state index in [2.05, 4.69) is 0 Å². The van der Waals surface area contributed by atoms with E-state index in [0.717, 1.165) is 29.0 Å². The van der Waals surface area contributed by atoms with Gasteiger partial charge in [-0.3, -0.25) is 0 Å². The largest absolute Gasteiger partial charge is 0.491 e. The molecule has 2 aromatic carbocycles. The Labute approximate surface area is 142 Å². The highest BCUT2D eigenvalue weighted by Crippen LogP contribution is 2.38. The van der Waals surface area contributed by atoms with Crippen LogP contribution in [0.2, 0.25) is 0 Å². The predicted octanol–water partition coefficient (Wildman–Crippen LogP) is 2.90. The molecule has 0 amide bonds. The fourth-order valence-corrected chi connectivity index (χ4v) is 2.58. The average molecular weight is 329 g/mol. The SMILES string of the molecule is CC(N)Cc1cc2c(cc1OCCOCc1ccccc1)OCO2. The maximum atomic E-state index is 5.93. The summed E-state index contributed by atoms with van der Waals surface area (Å²) in [6.07, 6.45) is 0.719. The molecule has 0 spiro atoms. The minimum atomic E-state index is 0.0436. The lowest BCUT2D eigenvalue weighted by Gasteiger charge is -2.14. The van der Waals surface area contributed by atoms with Crippen LogP contribution in [-0.2, 0) is 17.8 Å². The van der Waals surface area contributed by atoms with Gasteiger partial charge in [-0.2, -0.15) is 0 Å². The highest BCUT2D eigenvalue weighted by atomic mass is 16.7. The van der Waals surface area contributed by atoms with Crippen LogP contribution in [0, 0.1) is 0 Å². The zero-order valence-corrected chi connectivity index (χ0v) is 13.9. The lowest BCUT2D eigenvalue weighted by Crippen LogP contribution is -2.18. The molecule has 0 saturated heterocycles. The summed E-state index contributed by atoms with van der Waals surface area (Å²) >= 11 is 0. The molecule has 0 bridgehead atoms. The molecule has 24 heavy (non-hydrogen) atoms. The summed E-state index contributed by atoms with van der Waals surface area (Å²) < 4.78 is 22.4. The van der Waals surface area contributed by atoms with Gasteiger partial charge >= 0.3 is 0 Å². The minimum Gasteiger partial charge on any atom is -0.491 e. The average Bonchev–Trinajstić information content (AvgIpc) is 3.02. The van der Waals surface area contributed by atoms with Crippen LogP contribution in [0.1, 0.15) is 18.1 Å². The second-order valence-electron chi connectivity index (χ2n) is 5.88. The van der Waals surface area contributed by atoms with Crippen molar-refractivity contribution in [3.8, 4) is 17.2 Å². The fourth-order valence-electron chi connectivity index (χ4n) is 2.58. The van der Waals surface area contributed by atoms with Gasteiger partial charge in [-0.25, -0.2) is 0 Å². The monoisotopic (exact) mass is 329 g/mol. The molecular weight excluding hydrogens is 306 g/mol. The van der Waals surface area contributed by atoms with Crippen LogP contribution < -0.4 is 19.9 Å². The molecule has 0 saturated carbocycles. The lowest BCUT2D eigenvalue weighted by molar-refractivity contribution is 0.0885. The molecule has 1 aliphatic heterocycles. The van der Waals surface area contributed by atoms with Crippen molar-refractivity contribution in [2.75, 3.05) is 20.0 Å². The first kappa shape index (κ1) is 16.6. The van der Waals surface area contributed by atoms with E-state index in [4.69, 9.17) is 24.7 Å². The highest BCUT2D eigenvalue weighted by Gasteiger charge is 2.18. The van der Waals surface area contributed by atoms with E-state index in [0.29, 0.717) is 25.6 Å². The van der Waals surface area contributed by atoms with Crippen molar-refractivity contribution in [1.29, 1.82) is 0 Å². The normalized spacial score (nSPS) is 13.8. The Morgan fingerprint density at radius 3 is 2.58 bits per heavy atom. The van der Waals surface area contributed by atoms with Crippen LogP contribution in [0.3, 0.4) is 0 Å². The second-order valence-corrected chi connectivity index (χ2v) is 5.88. The Kier molecular flexibility index (Phi) is 5.56. The molecule has 1 aliphatic rings. The summed E-state index contributed by atoms with van der Waals surface area (Å²) in [5.74, 6) is 2.24. The van der Waals surface area contributed by atoms with Gasteiger partial charge in [-0.05, 0) is 30.5 Å². The summed E-state index contributed by atoms with van der Waals surface area (Å²) in [6, 6.07) is 13.9. The molecule has 128 valence electrons. The Bertz CT molecular complexity index is 658. The summed E-state index contributed by atoms with van der Waals surface area (Å²) in [5, 5.41) is 0. The van der Waals surface area contributed by atoms with Crippen molar-refractivity contribution in [1.82, 2.24) is 0 Å². The maximum absolute atomic E-state index is 5.93. The minimum absolute atomic E-state index is 0.0436. The summed E-state index contributed by atoms with van der Waals surface area (Å²) in [5.41, 5.74) is 8.10. The van der Waals surface area contributed by atoms with Gasteiger partial charge in [0, 0.05) is 12.1 Å². The second kappa shape index (κ2) is 8.04. The number of fused-ring (bicyclic) bond motifs is 1. The molecule has 0 aromatic heterocycles. The van der Waals surface area contributed by atoms with Crippen LogP contribution >= 0.6 is 0 Å². The van der Waals surface area contributed by atoms with E-state index in [1.54, 1.807) is 0 Å². The quantitative estimate of drug-likeness (QED) is 0.755. The smallest absolute Gasteiger partial charge is 0.231 e. The number of hydrogen-bond acceptors (Lipinski definition) is 5. The molecule has 1 heterocycles. The molecule has 0 fully saturated rings. The van der Waals surface area contributed by atoms with E-state index in [1.165, 1.54) is 0 Å². The van der Waals surface area contributed by atoms with Gasteiger partial charge in [-0.15, -0.1) is 0 Å². The van der Waals surface area contributed by atoms with Crippen LogP contribution in [-0.4, -0.2) is 26.0 Å². The number of rotatable bonds is 8. The molecule has 2 N–H and O–H groups in total. The third-order valence-corrected chi connectivity index (χ3v) is 3.69. The molecule has 5 heteroatoms. The van der Waals surface area contributed by atoms with Crippen molar-refractivity contribution < 1.29 is 18.9 Å². The summed E-state index contributed by atoms with van der Waals surface area (Å²) in [4.78, 5) is 0. The first-order chi connectivity index (χ1) is 11.7. The van der Waals surface area contributed by atoms with Crippen LogP contribution in [0.5, 0.6) is 17.2 Å². The predicted molar refractivity (Wildman–Crippen MR) is 91.5 cm³/mol. The summed E-state index contributed by atoms with van der Waals surface area (Å²) in [7, 11) is 0. The molecular formula is C19H23NO4. The van der Waals surface area contributed by atoms with E-state index in [1.807, 2.05) is 49.4 Å². The first-order valence-corrected chi connectivity index (χ1v) is 8.15. The van der Waals surface area contributed by atoms with E-state index in [9.17, 15) is 0 Å². The molecule has 1 atom stereocenters. The number of ether oxygens (including phenoxy) is 4. The fraction of sp³-hybridized carbons (Fsp3) is 0.368. The van der Waals surface area contributed by atoms with E-state index in [-0.39, 0.29) is 12.8 Å². The van der Waals surface area contributed by atoms with Gasteiger partial charge in [0.25, 0.3) is 0 Å². The number of hydrogen-bond donors (Lipinski definition) is 1. The molecule has 0 radical (unpaired) electrons. The number of nitrogens with two attached hydrogens (primary N) is 1. The summed E-state index contributed by atoms with van der Waals surface area (Å²) in [6.45, 7) is 3.78. The third-order valence-electron chi connectivity index (χ3n) is 3.69. The van der Waals surface area contributed by atoms with Gasteiger partial charge in [-0.1, -0.05) is 30.3 Å². The molecule has 1 unspecified atom stereocenters. The van der Waals surface area contributed by atoms with Gasteiger partial charge in [0.15, 0.2) is 11.5 Å². The van der Waals surface area contributed by atoms with Gasteiger partial charge < -0.3 is 24.7 Å². The van der Waals surface area contributed by atoms with E-state index < -0.39 is 0 Å². The molecule has 5 nitrogen and oxygen atoms in total. The zero-order valence-electron chi connectivity index (χ0n) is 13.9. The highest BCUT2D eigenvalue weighted by molar-refractivity contribution is 5.52. The standard InChI is InChI=1S/C19H23NO4/c1-14(20)9-16-10-18-19(24-13-23-18)11-17(16)22-8-7-21-12-15-5-3-2-4-6-15/h2-6,10-11,14H,7-9,12-13,20H2,1H3. The Hall–Kier alpha value is -2.24. The Morgan fingerprint density at radius 2 is 1.83 bits per heavy atom. The van der Waals surface area contributed by atoms with Crippen molar-refractivity contribution in [2.24, 2.45) is 5.73 Å². The Morgan fingerprint density at radius 1 is 1.08 bits per heavy atom. The van der Waals surface area contributed by atoms with Crippen molar-refractivity contribution in [3.05, 3.63) is 53.6 Å². The van der Waals surface area contributed by atoms with Gasteiger partial charge in [0.2, 0.25) is 6.79 Å². The molecule has 3 rings (SSSR count). The molecule has 2 aromatic rings. The van der Waals surface area contributed by atoms with Crippen LogP contribution in [0.25, 0.3) is 0 Å². The zero-order chi connectivity index (χ0) is 16.8. The Balaban J connectivity index is 1.54. The van der Waals surface area contributed by atoms with Crippen LogP contribution in [0.4, 0.5) is 0 Å².